The van der Waals surface area contributed by atoms with Crippen LogP contribution in [0.25, 0.3) is 0 Å². The second kappa shape index (κ2) is 5.77. The van der Waals surface area contributed by atoms with Gasteiger partial charge in [-0.1, -0.05) is 0 Å². The molecule has 0 saturated heterocycles. The Hall–Kier alpha value is -1.30. The van der Waals surface area contributed by atoms with E-state index in [9.17, 15) is 17.6 Å². The van der Waals surface area contributed by atoms with Gasteiger partial charge in [0.25, 0.3) is 0 Å². The molecule has 0 aromatic heterocycles. The largest absolute Gasteiger partial charge is 0.379 e. The topological polar surface area (TPSA) is 21.3 Å². The summed E-state index contributed by atoms with van der Waals surface area (Å²) in [5, 5.41) is 2.44. The first-order valence-corrected chi connectivity index (χ1v) is 5.82. The van der Waals surface area contributed by atoms with Crippen molar-refractivity contribution in [3.8, 4) is 0 Å². The van der Waals surface area contributed by atoms with Crippen molar-refractivity contribution in [2.75, 3.05) is 12.4 Å². The van der Waals surface area contributed by atoms with E-state index in [2.05, 4.69) is 5.32 Å². The van der Waals surface area contributed by atoms with Crippen LogP contribution < -0.4 is 5.32 Å². The van der Waals surface area contributed by atoms with E-state index in [-0.39, 0.29) is 6.07 Å². The second-order valence-electron chi connectivity index (χ2n) is 5.06. The molecule has 6 heteroatoms. The number of anilines is 1. The Morgan fingerprint density at radius 1 is 1.16 bits per heavy atom. The minimum Gasteiger partial charge on any atom is -0.379 e. The van der Waals surface area contributed by atoms with E-state index in [1.54, 1.807) is 20.8 Å². The zero-order valence-electron chi connectivity index (χ0n) is 11.3. The fourth-order valence-corrected chi connectivity index (χ4v) is 1.82. The van der Waals surface area contributed by atoms with Gasteiger partial charge in [-0.25, -0.2) is 17.6 Å². The first kappa shape index (κ1) is 15.8. The van der Waals surface area contributed by atoms with Crippen LogP contribution in [0.3, 0.4) is 0 Å². The maximum absolute atomic E-state index is 13.4. The number of halogens is 4. The third kappa shape index (κ3) is 3.83. The molecule has 0 saturated carbocycles. The molecule has 0 fully saturated rings. The summed E-state index contributed by atoms with van der Waals surface area (Å²) in [5.74, 6) is -5.72. The summed E-state index contributed by atoms with van der Waals surface area (Å²) in [6.07, 6.45) is 0.403. The molecule has 0 amide bonds. The molecule has 0 aliphatic rings. The zero-order valence-corrected chi connectivity index (χ0v) is 11.3. The predicted octanol–water partition coefficient (Wildman–Crippen LogP) is 3.86. The third-order valence-corrected chi connectivity index (χ3v) is 2.85. The molecule has 1 aromatic rings. The lowest BCUT2D eigenvalue weighted by Gasteiger charge is -2.27. The summed E-state index contributed by atoms with van der Waals surface area (Å²) in [6.45, 7) is 5.23. The van der Waals surface area contributed by atoms with Gasteiger partial charge in [-0.05, 0) is 27.2 Å². The van der Waals surface area contributed by atoms with Gasteiger partial charge in [-0.15, -0.1) is 0 Å². The summed E-state index contributed by atoms with van der Waals surface area (Å²) in [4.78, 5) is 0. The number of benzene rings is 1. The summed E-state index contributed by atoms with van der Waals surface area (Å²) >= 11 is 0. The molecular weight excluding hydrogens is 262 g/mol. The highest BCUT2D eigenvalue weighted by atomic mass is 19.2. The van der Waals surface area contributed by atoms with E-state index >= 15 is 0 Å². The molecule has 1 atom stereocenters. The minimum absolute atomic E-state index is 0.180. The van der Waals surface area contributed by atoms with Crippen molar-refractivity contribution in [1.82, 2.24) is 0 Å². The van der Waals surface area contributed by atoms with Crippen molar-refractivity contribution in [3.05, 3.63) is 29.3 Å². The highest BCUT2D eigenvalue weighted by molar-refractivity contribution is 5.48. The Balaban J connectivity index is 2.94. The van der Waals surface area contributed by atoms with Crippen LogP contribution in [-0.4, -0.2) is 18.8 Å². The Labute approximate surface area is 109 Å². The molecule has 0 aliphatic carbocycles. The van der Waals surface area contributed by atoms with Crippen molar-refractivity contribution in [1.29, 1.82) is 0 Å². The van der Waals surface area contributed by atoms with E-state index < -0.39 is 40.6 Å². The van der Waals surface area contributed by atoms with E-state index in [4.69, 9.17) is 4.74 Å². The lowest BCUT2D eigenvalue weighted by molar-refractivity contribution is 0.0127. The average Bonchev–Trinajstić information content (AvgIpc) is 2.31. The van der Waals surface area contributed by atoms with Crippen LogP contribution in [0.4, 0.5) is 23.2 Å². The van der Waals surface area contributed by atoms with Gasteiger partial charge in [-0.2, -0.15) is 0 Å². The van der Waals surface area contributed by atoms with Crippen molar-refractivity contribution in [2.24, 2.45) is 0 Å². The zero-order chi connectivity index (χ0) is 14.8. The quantitative estimate of drug-likeness (QED) is 0.653. The highest BCUT2D eigenvalue weighted by Gasteiger charge is 2.24. The van der Waals surface area contributed by atoms with Crippen molar-refractivity contribution in [3.63, 3.8) is 0 Å². The standard InChI is InChI=1S/C13H17F4NO/c1-7(6-13(2,3)19-4)18-12-10(16)8(14)5-9(15)11(12)17/h5,7,18H,6H2,1-4H3. The Morgan fingerprint density at radius 3 is 2.05 bits per heavy atom. The van der Waals surface area contributed by atoms with Crippen LogP contribution in [0.2, 0.25) is 0 Å². The molecule has 0 spiro atoms. The summed E-state index contributed by atoms with van der Waals surface area (Å²) in [6, 6.07) is -0.250. The molecule has 1 rings (SSSR count). The molecule has 1 unspecified atom stereocenters. The van der Waals surface area contributed by atoms with Gasteiger partial charge in [-0.3, -0.25) is 0 Å². The van der Waals surface area contributed by atoms with Crippen molar-refractivity contribution in [2.45, 2.75) is 38.8 Å². The van der Waals surface area contributed by atoms with E-state index in [0.29, 0.717) is 6.42 Å². The van der Waals surface area contributed by atoms with Gasteiger partial charge < -0.3 is 10.1 Å². The third-order valence-electron chi connectivity index (χ3n) is 2.85. The fourth-order valence-electron chi connectivity index (χ4n) is 1.82. The van der Waals surface area contributed by atoms with Gasteiger partial charge in [0, 0.05) is 19.2 Å². The molecule has 2 nitrogen and oxygen atoms in total. The summed E-state index contributed by atoms with van der Waals surface area (Å²) in [7, 11) is 1.51. The maximum atomic E-state index is 13.4. The molecule has 1 aromatic carbocycles. The maximum Gasteiger partial charge on any atom is 0.185 e. The molecule has 0 bridgehead atoms. The number of hydrogen-bond acceptors (Lipinski definition) is 2. The molecule has 0 heterocycles. The number of nitrogens with one attached hydrogen (secondary N) is 1. The number of rotatable bonds is 5. The Bertz CT molecular complexity index is 436. The average molecular weight is 279 g/mol. The van der Waals surface area contributed by atoms with Gasteiger partial charge in [0.05, 0.1) is 5.60 Å². The van der Waals surface area contributed by atoms with Gasteiger partial charge in [0.15, 0.2) is 23.3 Å². The second-order valence-corrected chi connectivity index (χ2v) is 5.06. The first-order valence-electron chi connectivity index (χ1n) is 5.82. The van der Waals surface area contributed by atoms with Crippen LogP contribution in [0.1, 0.15) is 27.2 Å². The normalized spacial score (nSPS) is 13.5. The van der Waals surface area contributed by atoms with Gasteiger partial charge in [0.2, 0.25) is 0 Å². The molecule has 0 radical (unpaired) electrons. The SMILES string of the molecule is COC(C)(C)CC(C)Nc1c(F)c(F)cc(F)c1F. The van der Waals surface area contributed by atoms with Crippen molar-refractivity contribution < 1.29 is 22.3 Å². The monoisotopic (exact) mass is 279 g/mol. The lowest BCUT2D eigenvalue weighted by Crippen LogP contribution is -2.31. The van der Waals surface area contributed by atoms with Gasteiger partial charge in [0.1, 0.15) is 5.69 Å². The van der Waals surface area contributed by atoms with Crippen molar-refractivity contribution >= 4 is 5.69 Å². The van der Waals surface area contributed by atoms with Crippen LogP contribution in [0.5, 0.6) is 0 Å². The first-order chi connectivity index (χ1) is 8.68. The number of ether oxygens (including phenoxy) is 1. The highest BCUT2D eigenvalue weighted by Crippen LogP contribution is 2.26. The molecule has 19 heavy (non-hydrogen) atoms. The molecule has 0 aliphatic heterocycles. The molecule has 1 N–H and O–H groups in total. The number of hydrogen-bond donors (Lipinski definition) is 1. The smallest absolute Gasteiger partial charge is 0.185 e. The van der Waals surface area contributed by atoms with Crippen LogP contribution in [-0.2, 0) is 4.74 Å². The van der Waals surface area contributed by atoms with E-state index in [1.165, 1.54) is 7.11 Å². The van der Waals surface area contributed by atoms with E-state index in [0.717, 1.165) is 0 Å². The van der Waals surface area contributed by atoms with Crippen LogP contribution in [0, 0.1) is 23.3 Å². The van der Waals surface area contributed by atoms with E-state index in [1.807, 2.05) is 0 Å². The molecular formula is C13H17F4NO. The lowest BCUT2D eigenvalue weighted by atomic mass is 9.99. The Kier molecular flexibility index (Phi) is 4.79. The minimum atomic E-state index is -1.43. The Morgan fingerprint density at radius 2 is 1.63 bits per heavy atom. The predicted molar refractivity (Wildman–Crippen MR) is 65.1 cm³/mol. The molecule has 108 valence electrons. The van der Waals surface area contributed by atoms with Crippen LogP contribution >= 0.6 is 0 Å². The number of methoxy groups -OCH3 is 1. The fraction of sp³-hybridized carbons (Fsp3) is 0.538. The van der Waals surface area contributed by atoms with Crippen LogP contribution in [0.15, 0.2) is 6.07 Å². The summed E-state index contributed by atoms with van der Waals surface area (Å²) < 4.78 is 58.1. The van der Waals surface area contributed by atoms with Gasteiger partial charge >= 0.3 is 0 Å². The summed E-state index contributed by atoms with van der Waals surface area (Å²) in [5.41, 5.74) is -1.32.